The Kier molecular flexibility index (Phi) is 5.72. The van der Waals surface area contributed by atoms with Gasteiger partial charge in [0.1, 0.15) is 5.75 Å². The van der Waals surface area contributed by atoms with E-state index in [1.165, 1.54) is 31.5 Å². The molecular weight excluding hydrogens is 378 g/mol. The van der Waals surface area contributed by atoms with Crippen LogP contribution in [-0.2, 0) is 14.8 Å². The third-order valence-corrected chi connectivity index (χ3v) is 5.87. The monoisotopic (exact) mass is 397 g/mol. The van der Waals surface area contributed by atoms with E-state index in [4.69, 9.17) is 0 Å². The molecule has 1 amide bonds. The third-order valence-electron chi connectivity index (χ3n) is 4.07. The van der Waals surface area contributed by atoms with Crippen molar-refractivity contribution in [3.8, 4) is 5.75 Å². The van der Waals surface area contributed by atoms with E-state index in [0.29, 0.717) is 5.56 Å². The number of rotatable bonds is 6. The van der Waals surface area contributed by atoms with Crippen LogP contribution in [-0.4, -0.2) is 43.5 Å². The zero-order chi connectivity index (χ0) is 20.1. The number of likely N-dealkylation sites (N-methyl/N-ethyl adjacent to an activating group) is 1. The predicted molar refractivity (Wildman–Crippen MR) is 108 cm³/mol. The molecule has 0 bridgehead atoms. The smallest absolute Gasteiger partial charge is 0.255 e. The average molecular weight is 397 g/mol. The first kappa shape index (κ1) is 19.5. The minimum absolute atomic E-state index is 0.0801. The second-order valence-corrected chi connectivity index (χ2v) is 8.20. The number of phenols is 1. The molecule has 0 aromatic heterocycles. The van der Waals surface area contributed by atoms with Crippen molar-refractivity contribution in [2.75, 3.05) is 13.6 Å². The van der Waals surface area contributed by atoms with E-state index in [2.05, 4.69) is 10.5 Å². The Morgan fingerprint density at radius 3 is 2.57 bits per heavy atom. The van der Waals surface area contributed by atoms with Crippen LogP contribution in [0, 0.1) is 0 Å². The molecule has 3 aromatic rings. The Morgan fingerprint density at radius 1 is 1.07 bits per heavy atom. The van der Waals surface area contributed by atoms with Gasteiger partial charge in [-0.3, -0.25) is 4.79 Å². The number of carbonyl (C=O) groups excluding carboxylic acids is 1. The number of nitrogens with one attached hydrogen (secondary N) is 1. The minimum atomic E-state index is -3.82. The van der Waals surface area contributed by atoms with E-state index in [0.717, 1.165) is 15.1 Å². The van der Waals surface area contributed by atoms with Crippen LogP contribution in [0.25, 0.3) is 10.8 Å². The maximum atomic E-state index is 12.7. The molecule has 0 fully saturated rings. The van der Waals surface area contributed by atoms with Crippen LogP contribution >= 0.6 is 0 Å². The number of nitrogens with zero attached hydrogens (tertiary/aromatic N) is 2. The molecule has 2 N–H and O–H groups in total. The Balaban J connectivity index is 1.66. The van der Waals surface area contributed by atoms with Gasteiger partial charge in [-0.1, -0.05) is 42.5 Å². The number of sulfonamides is 1. The van der Waals surface area contributed by atoms with Gasteiger partial charge >= 0.3 is 0 Å². The van der Waals surface area contributed by atoms with Crippen LogP contribution in [0.4, 0.5) is 0 Å². The Hall–Kier alpha value is -3.23. The molecule has 28 heavy (non-hydrogen) atoms. The molecule has 0 radical (unpaired) electrons. The molecule has 3 aromatic carbocycles. The fourth-order valence-electron chi connectivity index (χ4n) is 2.61. The number of hydrazone groups is 1. The maximum Gasteiger partial charge on any atom is 0.255 e. The minimum Gasteiger partial charge on any atom is -0.508 e. The first-order valence-corrected chi connectivity index (χ1v) is 9.86. The summed E-state index contributed by atoms with van der Waals surface area (Å²) in [6.45, 7) is -0.382. The van der Waals surface area contributed by atoms with Crippen molar-refractivity contribution in [3.05, 3.63) is 72.3 Å². The predicted octanol–water partition coefficient (Wildman–Crippen LogP) is 2.32. The third kappa shape index (κ3) is 4.54. The quantitative estimate of drug-likeness (QED) is 0.492. The number of aromatic hydroxyl groups is 1. The van der Waals surface area contributed by atoms with Crippen LogP contribution in [0.1, 0.15) is 5.56 Å². The van der Waals surface area contributed by atoms with E-state index >= 15 is 0 Å². The second-order valence-electron chi connectivity index (χ2n) is 6.16. The summed E-state index contributed by atoms with van der Waals surface area (Å²) in [5.74, 6) is -0.500. The summed E-state index contributed by atoms with van der Waals surface area (Å²) < 4.78 is 26.4. The fourth-order valence-corrected chi connectivity index (χ4v) is 3.78. The molecule has 8 heteroatoms. The fraction of sp³-hybridized carbons (Fsp3) is 0.100. The maximum absolute atomic E-state index is 12.7. The lowest BCUT2D eigenvalue weighted by atomic mass is 10.1. The van der Waals surface area contributed by atoms with Crippen molar-refractivity contribution in [3.63, 3.8) is 0 Å². The summed E-state index contributed by atoms with van der Waals surface area (Å²) in [4.78, 5) is 12.1. The van der Waals surface area contributed by atoms with Crippen LogP contribution < -0.4 is 5.43 Å². The molecular formula is C20H19N3O4S. The average Bonchev–Trinajstić information content (AvgIpc) is 2.67. The van der Waals surface area contributed by atoms with Gasteiger partial charge in [0, 0.05) is 7.05 Å². The van der Waals surface area contributed by atoms with Crippen molar-refractivity contribution < 1.29 is 18.3 Å². The molecule has 0 aliphatic heterocycles. The Morgan fingerprint density at radius 2 is 1.82 bits per heavy atom. The van der Waals surface area contributed by atoms with Gasteiger partial charge < -0.3 is 5.11 Å². The second kappa shape index (κ2) is 8.20. The van der Waals surface area contributed by atoms with E-state index < -0.39 is 15.9 Å². The summed E-state index contributed by atoms with van der Waals surface area (Å²) in [5, 5.41) is 14.9. The molecule has 0 saturated heterocycles. The van der Waals surface area contributed by atoms with Crippen LogP contribution in [0.5, 0.6) is 5.75 Å². The van der Waals surface area contributed by atoms with Crippen LogP contribution in [0.3, 0.4) is 0 Å². The normalized spacial score (nSPS) is 11.9. The van der Waals surface area contributed by atoms with Crippen LogP contribution in [0.15, 0.2) is 76.7 Å². The first-order valence-electron chi connectivity index (χ1n) is 8.42. The van der Waals surface area contributed by atoms with Crippen molar-refractivity contribution in [2.24, 2.45) is 5.10 Å². The lowest BCUT2D eigenvalue weighted by molar-refractivity contribution is -0.121. The molecule has 0 unspecified atom stereocenters. The van der Waals surface area contributed by atoms with Crippen molar-refractivity contribution in [1.29, 1.82) is 0 Å². The Labute approximate surface area is 163 Å². The molecule has 0 saturated carbocycles. The summed E-state index contributed by atoms with van der Waals surface area (Å²) >= 11 is 0. The van der Waals surface area contributed by atoms with Crippen molar-refractivity contribution >= 4 is 32.9 Å². The summed E-state index contributed by atoms with van der Waals surface area (Å²) in [7, 11) is -2.48. The highest BCUT2D eigenvalue weighted by atomic mass is 32.2. The lowest BCUT2D eigenvalue weighted by Gasteiger charge is -2.16. The summed E-state index contributed by atoms with van der Waals surface area (Å²) in [6, 6.07) is 18.6. The summed E-state index contributed by atoms with van der Waals surface area (Å²) in [5.41, 5.74) is 2.87. The zero-order valence-corrected chi connectivity index (χ0v) is 15.9. The van der Waals surface area contributed by atoms with Gasteiger partial charge in [-0.15, -0.1) is 0 Å². The van der Waals surface area contributed by atoms with Gasteiger partial charge in [0.25, 0.3) is 5.91 Å². The summed E-state index contributed by atoms with van der Waals surface area (Å²) in [6.07, 6.45) is 1.36. The number of phenolic OH excluding ortho intramolecular Hbond substituents is 1. The molecule has 3 rings (SSSR count). The van der Waals surface area contributed by atoms with Gasteiger partial charge in [-0.25, -0.2) is 13.8 Å². The lowest BCUT2D eigenvalue weighted by Crippen LogP contribution is -2.36. The van der Waals surface area contributed by atoms with Crippen molar-refractivity contribution in [1.82, 2.24) is 9.73 Å². The molecule has 0 heterocycles. The molecule has 7 nitrogen and oxygen atoms in total. The van der Waals surface area contributed by atoms with Gasteiger partial charge in [-0.05, 0) is 40.6 Å². The highest BCUT2D eigenvalue weighted by Crippen LogP contribution is 2.21. The van der Waals surface area contributed by atoms with Gasteiger partial charge in [0.2, 0.25) is 10.0 Å². The number of hydrogen-bond acceptors (Lipinski definition) is 5. The van der Waals surface area contributed by atoms with E-state index in [1.807, 2.05) is 24.3 Å². The molecule has 0 spiro atoms. The van der Waals surface area contributed by atoms with Crippen molar-refractivity contribution in [2.45, 2.75) is 4.90 Å². The number of fused-ring (bicyclic) bond motifs is 1. The first-order chi connectivity index (χ1) is 13.4. The highest BCUT2D eigenvalue weighted by molar-refractivity contribution is 7.89. The number of hydrogen-bond donors (Lipinski definition) is 2. The number of benzene rings is 3. The zero-order valence-electron chi connectivity index (χ0n) is 15.1. The van der Waals surface area contributed by atoms with Gasteiger partial charge in [-0.2, -0.15) is 9.41 Å². The highest BCUT2D eigenvalue weighted by Gasteiger charge is 2.23. The van der Waals surface area contributed by atoms with E-state index in [-0.39, 0.29) is 17.2 Å². The molecule has 144 valence electrons. The number of amides is 1. The standard InChI is InChI=1S/C20H19N3O4S/c1-23(14-20(25)22-21-13-15-5-4-8-18(24)11-15)28(26,27)19-10-9-16-6-2-3-7-17(16)12-19/h2-13,24H,14H2,1H3,(H,22,25)/b21-13+. The SMILES string of the molecule is CN(CC(=O)N/N=C/c1cccc(O)c1)S(=O)(=O)c1ccc2ccccc2c1. The van der Waals surface area contributed by atoms with E-state index in [9.17, 15) is 18.3 Å². The topological polar surface area (TPSA) is 99.1 Å². The van der Waals surface area contributed by atoms with E-state index in [1.54, 1.807) is 24.3 Å². The van der Waals surface area contributed by atoms with Gasteiger partial charge in [0.15, 0.2) is 0 Å². The van der Waals surface area contributed by atoms with Gasteiger partial charge in [0.05, 0.1) is 17.7 Å². The van der Waals surface area contributed by atoms with Crippen LogP contribution in [0.2, 0.25) is 0 Å². The molecule has 0 atom stereocenters. The molecule has 0 aliphatic rings. The molecule has 0 aliphatic carbocycles. The Bertz CT molecular complexity index is 1140. The largest absolute Gasteiger partial charge is 0.508 e. The number of carbonyl (C=O) groups is 1.